The van der Waals surface area contributed by atoms with E-state index in [0.717, 1.165) is 0 Å². The van der Waals surface area contributed by atoms with Gasteiger partial charge in [0.05, 0.1) is 38.6 Å². The van der Waals surface area contributed by atoms with Gasteiger partial charge in [0.25, 0.3) is 10.1 Å². The number of carbonyl (C=O) groups is 1. The van der Waals surface area contributed by atoms with E-state index in [1.54, 1.807) is 38.1 Å². The zero-order valence-electron chi connectivity index (χ0n) is 15.0. The standard InChI is InChI=1S/C17H26O8S/c1-14(23-9-8-22-12-17(18)19)15(2)24-10-11-25-26(20,21)13-16-6-4-3-5-7-16/h3-7,14-15H,8-13H2,1-2H3,(H,18,19)/t14-,15-/m0/s1. The summed E-state index contributed by atoms with van der Waals surface area (Å²) < 4.78 is 44.5. The smallest absolute Gasteiger partial charge is 0.329 e. The molecule has 0 radical (unpaired) electrons. The molecule has 0 heterocycles. The van der Waals surface area contributed by atoms with Gasteiger partial charge in [-0.25, -0.2) is 4.79 Å². The van der Waals surface area contributed by atoms with Crippen LogP contribution in [-0.4, -0.2) is 64.7 Å². The molecule has 1 aromatic carbocycles. The lowest BCUT2D eigenvalue weighted by Gasteiger charge is -2.21. The SMILES string of the molecule is C[C@H](OCCOCC(=O)O)[C@H](C)OCCOS(=O)(=O)Cc1ccccc1. The minimum atomic E-state index is -3.66. The van der Waals surface area contributed by atoms with Crippen molar-refractivity contribution in [2.45, 2.75) is 31.8 Å². The van der Waals surface area contributed by atoms with Gasteiger partial charge in [0.15, 0.2) is 0 Å². The van der Waals surface area contributed by atoms with E-state index in [0.29, 0.717) is 5.56 Å². The fourth-order valence-electron chi connectivity index (χ4n) is 1.94. The Hall–Kier alpha value is -1.52. The third kappa shape index (κ3) is 10.5. The van der Waals surface area contributed by atoms with Crippen molar-refractivity contribution < 1.29 is 36.7 Å². The summed E-state index contributed by atoms with van der Waals surface area (Å²) >= 11 is 0. The average Bonchev–Trinajstić information content (AvgIpc) is 2.58. The predicted molar refractivity (Wildman–Crippen MR) is 94.3 cm³/mol. The van der Waals surface area contributed by atoms with Gasteiger partial charge in [-0.05, 0) is 19.4 Å². The van der Waals surface area contributed by atoms with Gasteiger partial charge in [-0.3, -0.25) is 4.18 Å². The van der Waals surface area contributed by atoms with Crippen molar-refractivity contribution >= 4 is 16.1 Å². The summed E-state index contributed by atoms with van der Waals surface area (Å²) in [6.07, 6.45) is -0.542. The number of rotatable bonds is 14. The maximum atomic E-state index is 11.9. The van der Waals surface area contributed by atoms with Crippen molar-refractivity contribution in [2.24, 2.45) is 0 Å². The molecule has 0 unspecified atom stereocenters. The van der Waals surface area contributed by atoms with Gasteiger partial charge in [0, 0.05) is 0 Å². The Labute approximate surface area is 154 Å². The van der Waals surface area contributed by atoms with Crippen molar-refractivity contribution in [1.82, 2.24) is 0 Å². The van der Waals surface area contributed by atoms with E-state index in [1.807, 2.05) is 6.07 Å². The van der Waals surface area contributed by atoms with Gasteiger partial charge in [0.1, 0.15) is 12.4 Å². The largest absolute Gasteiger partial charge is 0.480 e. The molecular weight excluding hydrogens is 364 g/mol. The average molecular weight is 390 g/mol. The number of aliphatic carboxylic acids is 1. The van der Waals surface area contributed by atoms with Crippen LogP contribution < -0.4 is 0 Å². The third-order valence-electron chi connectivity index (χ3n) is 3.41. The summed E-state index contributed by atoms with van der Waals surface area (Å²) in [5.41, 5.74) is 0.661. The quantitative estimate of drug-likeness (QED) is 0.376. The highest BCUT2D eigenvalue weighted by molar-refractivity contribution is 7.85. The summed E-state index contributed by atoms with van der Waals surface area (Å²) in [5.74, 6) is -1.21. The number of carboxylic acid groups (broad SMARTS) is 1. The second kappa shape index (κ2) is 12.0. The minimum Gasteiger partial charge on any atom is -0.480 e. The summed E-state index contributed by atoms with van der Waals surface area (Å²) in [4.78, 5) is 10.3. The highest BCUT2D eigenvalue weighted by Gasteiger charge is 2.15. The van der Waals surface area contributed by atoms with Gasteiger partial charge in [-0.1, -0.05) is 30.3 Å². The monoisotopic (exact) mass is 390 g/mol. The first-order valence-corrected chi connectivity index (χ1v) is 9.81. The fraction of sp³-hybridized carbons (Fsp3) is 0.588. The van der Waals surface area contributed by atoms with Gasteiger partial charge in [-0.15, -0.1) is 0 Å². The van der Waals surface area contributed by atoms with Gasteiger partial charge in [0.2, 0.25) is 0 Å². The molecule has 0 aromatic heterocycles. The predicted octanol–water partition coefficient (Wildman–Crippen LogP) is 1.44. The van der Waals surface area contributed by atoms with Crippen LogP contribution in [0.1, 0.15) is 19.4 Å². The lowest BCUT2D eigenvalue weighted by molar-refractivity contribution is -0.143. The molecule has 2 atom stereocenters. The summed E-state index contributed by atoms with van der Waals surface area (Å²) in [7, 11) is -3.66. The van der Waals surface area contributed by atoms with Crippen LogP contribution in [0.5, 0.6) is 0 Å². The van der Waals surface area contributed by atoms with Gasteiger partial charge in [-0.2, -0.15) is 8.42 Å². The molecule has 0 saturated heterocycles. The Morgan fingerprint density at radius 3 is 2.15 bits per heavy atom. The van der Waals surface area contributed by atoms with Crippen LogP contribution in [0.4, 0.5) is 0 Å². The molecule has 0 aliphatic heterocycles. The van der Waals surface area contributed by atoms with Crippen molar-refractivity contribution in [3.8, 4) is 0 Å². The molecule has 8 nitrogen and oxygen atoms in total. The first kappa shape index (κ1) is 22.5. The van der Waals surface area contributed by atoms with Crippen LogP contribution in [0.25, 0.3) is 0 Å². The fourth-order valence-corrected chi connectivity index (χ4v) is 2.94. The molecular formula is C17H26O8S. The number of benzene rings is 1. The van der Waals surface area contributed by atoms with Crippen molar-refractivity contribution in [2.75, 3.05) is 33.0 Å². The molecule has 1 rings (SSSR count). The number of carboxylic acids is 1. The van der Waals surface area contributed by atoms with E-state index in [1.165, 1.54) is 0 Å². The second-order valence-corrected chi connectivity index (χ2v) is 7.25. The van der Waals surface area contributed by atoms with E-state index < -0.39 is 16.1 Å². The van der Waals surface area contributed by atoms with Crippen molar-refractivity contribution in [3.63, 3.8) is 0 Å². The topological polar surface area (TPSA) is 108 Å². The zero-order chi connectivity index (χ0) is 19.4. The maximum Gasteiger partial charge on any atom is 0.329 e. The Bertz CT molecular complexity index is 617. The van der Waals surface area contributed by atoms with Crippen LogP contribution >= 0.6 is 0 Å². The molecule has 0 aliphatic rings. The highest BCUT2D eigenvalue weighted by atomic mass is 32.2. The number of hydrogen-bond acceptors (Lipinski definition) is 7. The molecule has 0 aliphatic carbocycles. The maximum absolute atomic E-state index is 11.9. The number of hydrogen-bond donors (Lipinski definition) is 1. The summed E-state index contributed by atoms with van der Waals surface area (Å²) in [6.45, 7) is 3.68. The highest BCUT2D eigenvalue weighted by Crippen LogP contribution is 2.08. The Morgan fingerprint density at radius 2 is 1.58 bits per heavy atom. The van der Waals surface area contributed by atoms with Gasteiger partial charge < -0.3 is 19.3 Å². The molecule has 0 fully saturated rings. The molecule has 0 bridgehead atoms. The molecule has 0 amide bonds. The van der Waals surface area contributed by atoms with Crippen LogP contribution in [0.3, 0.4) is 0 Å². The van der Waals surface area contributed by atoms with Crippen LogP contribution in [0.2, 0.25) is 0 Å². The molecule has 148 valence electrons. The normalized spacial score (nSPS) is 14.1. The molecule has 0 saturated carbocycles. The van der Waals surface area contributed by atoms with Crippen LogP contribution in [-0.2, 0) is 39.1 Å². The Balaban J connectivity index is 2.16. The molecule has 1 N–H and O–H groups in total. The van der Waals surface area contributed by atoms with Crippen LogP contribution in [0.15, 0.2) is 30.3 Å². The minimum absolute atomic E-state index is 0.0754. The van der Waals surface area contributed by atoms with Crippen LogP contribution in [0, 0.1) is 0 Å². The summed E-state index contributed by atoms with van der Waals surface area (Å²) in [6, 6.07) is 8.79. The third-order valence-corrected chi connectivity index (χ3v) is 4.62. The second-order valence-electron chi connectivity index (χ2n) is 5.61. The molecule has 0 spiro atoms. The molecule has 1 aromatic rings. The lowest BCUT2D eigenvalue weighted by Crippen LogP contribution is -2.29. The van der Waals surface area contributed by atoms with E-state index in [-0.39, 0.29) is 51.0 Å². The molecule has 26 heavy (non-hydrogen) atoms. The Morgan fingerprint density at radius 1 is 1.00 bits per heavy atom. The molecule has 9 heteroatoms. The lowest BCUT2D eigenvalue weighted by atomic mass is 10.2. The van der Waals surface area contributed by atoms with E-state index in [9.17, 15) is 13.2 Å². The first-order valence-electron chi connectivity index (χ1n) is 8.24. The van der Waals surface area contributed by atoms with Gasteiger partial charge >= 0.3 is 5.97 Å². The van der Waals surface area contributed by atoms with E-state index in [4.69, 9.17) is 23.5 Å². The van der Waals surface area contributed by atoms with E-state index in [2.05, 4.69) is 0 Å². The zero-order valence-corrected chi connectivity index (χ0v) is 15.8. The van der Waals surface area contributed by atoms with Crippen molar-refractivity contribution in [1.29, 1.82) is 0 Å². The Kier molecular flexibility index (Phi) is 10.4. The van der Waals surface area contributed by atoms with Crippen molar-refractivity contribution in [3.05, 3.63) is 35.9 Å². The summed E-state index contributed by atoms with van der Waals surface area (Å²) in [5, 5.41) is 8.43. The number of ether oxygens (including phenoxy) is 3. The van der Waals surface area contributed by atoms with E-state index >= 15 is 0 Å². The first-order chi connectivity index (χ1) is 12.3.